The number of hydrogen-bond donors (Lipinski definition) is 1. The summed E-state index contributed by atoms with van der Waals surface area (Å²) in [5.74, 6) is -0.613. The fourth-order valence-corrected chi connectivity index (χ4v) is 1.85. The molecule has 3 aromatic rings. The van der Waals surface area contributed by atoms with Crippen molar-refractivity contribution >= 4 is 22.5 Å². The standard InChI is InChI=1S/C11H9N5O2/c12-9(17)5-16-11(18)15-6-13-8-4-2-1-3-7(8)10(15)14-16/h1-4,6H,5H2,(H2,12,17). The average Bonchev–Trinajstić information content (AvgIpc) is 2.66. The van der Waals surface area contributed by atoms with E-state index >= 15 is 0 Å². The molecule has 18 heavy (non-hydrogen) atoms. The highest BCUT2D eigenvalue weighted by molar-refractivity contribution is 5.90. The largest absolute Gasteiger partial charge is 0.368 e. The molecular weight excluding hydrogens is 234 g/mol. The van der Waals surface area contributed by atoms with Crippen LogP contribution in [0.4, 0.5) is 0 Å². The van der Waals surface area contributed by atoms with Crippen LogP contribution in [0.1, 0.15) is 0 Å². The Kier molecular flexibility index (Phi) is 2.12. The number of para-hydroxylation sites is 1. The van der Waals surface area contributed by atoms with Crippen molar-refractivity contribution in [3.63, 3.8) is 0 Å². The molecule has 0 fully saturated rings. The van der Waals surface area contributed by atoms with E-state index in [-0.39, 0.29) is 6.54 Å². The molecule has 0 bridgehead atoms. The summed E-state index contributed by atoms with van der Waals surface area (Å²) in [6, 6.07) is 7.33. The molecule has 0 spiro atoms. The molecule has 1 aromatic carbocycles. The molecule has 0 saturated heterocycles. The fraction of sp³-hybridized carbons (Fsp3) is 0.0909. The van der Waals surface area contributed by atoms with Crippen LogP contribution in [0.15, 0.2) is 35.4 Å². The van der Waals surface area contributed by atoms with E-state index in [0.717, 1.165) is 15.6 Å². The van der Waals surface area contributed by atoms with Gasteiger partial charge >= 0.3 is 5.69 Å². The number of nitrogens with zero attached hydrogens (tertiary/aromatic N) is 4. The lowest BCUT2D eigenvalue weighted by Gasteiger charge is -1.96. The number of carbonyl (C=O) groups excluding carboxylic acids is 1. The van der Waals surface area contributed by atoms with Crippen LogP contribution in [-0.4, -0.2) is 25.1 Å². The first-order chi connectivity index (χ1) is 8.66. The first kappa shape index (κ1) is 10.5. The van der Waals surface area contributed by atoms with E-state index in [1.54, 1.807) is 0 Å². The van der Waals surface area contributed by atoms with Gasteiger partial charge in [0.05, 0.1) is 5.52 Å². The van der Waals surface area contributed by atoms with Crippen LogP contribution in [0.3, 0.4) is 0 Å². The summed E-state index contributed by atoms with van der Waals surface area (Å²) in [6.45, 7) is -0.241. The molecule has 90 valence electrons. The van der Waals surface area contributed by atoms with Gasteiger partial charge in [0.2, 0.25) is 5.91 Å². The molecule has 0 aliphatic rings. The SMILES string of the molecule is NC(=O)Cn1nc2c3ccccc3ncn2c1=O. The van der Waals surface area contributed by atoms with Gasteiger partial charge in [0.25, 0.3) is 0 Å². The normalized spacial score (nSPS) is 11.1. The third kappa shape index (κ3) is 1.45. The maximum atomic E-state index is 11.9. The van der Waals surface area contributed by atoms with Crippen LogP contribution in [0, 0.1) is 0 Å². The molecule has 7 heteroatoms. The lowest BCUT2D eigenvalue weighted by Crippen LogP contribution is -2.28. The van der Waals surface area contributed by atoms with Crippen molar-refractivity contribution in [1.82, 2.24) is 19.2 Å². The number of amides is 1. The van der Waals surface area contributed by atoms with E-state index in [4.69, 9.17) is 5.73 Å². The minimum Gasteiger partial charge on any atom is -0.368 e. The third-order valence-electron chi connectivity index (χ3n) is 2.63. The molecule has 0 radical (unpaired) electrons. The molecule has 1 amide bonds. The molecule has 0 unspecified atom stereocenters. The minimum atomic E-state index is -0.613. The third-order valence-corrected chi connectivity index (χ3v) is 2.63. The number of aromatic nitrogens is 4. The van der Waals surface area contributed by atoms with Crippen molar-refractivity contribution in [2.24, 2.45) is 5.73 Å². The van der Waals surface area contributed by atoms with Gasteiger partial charge in [-0.25, -0.2) is 18.9 Å². The quantitative estimate of drug-likeness (QED) is 0.658. The Morgan fingerprint density at radius 2 is 2.11 bits per heavy atom. The Hall–Kier alpha value is -2.70. The van der Waals surface area contributed by atoms with Gasteiger partial charge in [-0.05, 0) is 12.1 Å². The first-order valence-electron chi connectivity index (χ1n) is 5.28. The summed E-state index contributed by atoms with van der Waals surface area (Å²) in [4.78, 5) is 26.9. The Morgan fingerprint density at radius 1 is 1.33 bits per heavy atom. The molecule has 3 rings (SSSR count). The molecule has 2 aromatic heterocycles. The van der Waals surface area contributed by atoms with Gasteiger partial charge in [0.1, 0.15) is 12.9 Å². The van der Waals surface area contributed by atoms with Gasteiger partial charge in [-0.1, -0.05) is 12.1 Å². The number of nitrogens with two attached hydrogens (primary N) is 1. The monoisotopic (exact) mass is 243 g/mol. The second-order valence-corrected chi connectivity index (χ2v) is 3.86. The van der Waals surface area contributed by atoms with Crippen LogP contribution in [0.2, 0.25) is 0 Å². The highest BCUT2D eigenvalue weighted by atomic mass is 16.2. The minimum absolute atomic E-state index is 0.241. The van der Waals surface area contributed by atoms with Crippen molar-refractivity contribution in [1.29, 1.82) is 0 Å². The zero-order valence-electron chi connectivity index (χ0n) is 9.28. The summed E-state index contributed by atoms with van der Waals surface area (Å²) in [6.07, 6.45) is 1.39. The van der Waals surface area contributed by atoms with E-state index in [9.17, 15) is 9.59 Å². The van der Waals surface area contributed by atoms with E-state index in [2.05, 4.69) is 10.1 Å². The van der Waals surface area contributed by atoms with Crippen molar-refractivity contribution in [2.45, 2.75) is 6.54 Å². The molecule has 0 saturated carbocycles. The number of rotatable bonds is 2. The summed E-state index contributed by atoms with van der Waals surface area (Å²) < 4.78 is 2.33. The first-order valence-corrected chi connectivity index (χ1v) is 5.28. The topological polar surface area (TPSA) is 95.3 Å². The van der Waals surface area contributed by atoms with E-state index in [1.165, 1.54) is 10.7 Å². The Morgan fingerprint density at radius 3 is 2.89 bits per heavy atom. The fourth-order valence-electron chi connectivity index (χ4n) is 1.85. The second-order valence-electron chi connectivity index (χ2n) is 3.86. The lowest BCUT2D eigenvalue weighted by atomic mass is 10.2. The molecule has 2 N–H and O–H groups in total. The molecule has 7 nitrogen and oxygen atoms in total. The smallest absolute Gasteiger partial charge is 0.352 e. The van der Waals surface area contributed by atoms with Crippen molar-refractivity contribution in [2.75, 3.05) is 0 Å². The highest BCUT2D eigenvalue weighted by Gasteiger charge is 2.11. The van der Waals surface area contributed by atoms with Crippen LogP contribution < -0.4 is 11.4 Å². The summed E-state index contributed by atoms with van der Waals surface area (Å²) in [7, 11) is 0. The number of benzene rings is 1. The van der Waals surface area contributed by atoms with Crippen LogP contribution in [-0.2, 0) is 11.3 Å². The van der Waals surface area contributed by atoms with Crippen LogP contribution in [0.5, 0.6) is 0 Å². The number of carbonyl (C=O) groups is 1. The Bertz CT molecular complexity index is 817. The van der Waals surface area contributed by atoms with Crippen molar-refractivity contribution < 1.29 is 4.79 Å². The van der Waals surface area contributed by atoms with Gasteiger partial charge in [-0.3, -0.25) is 4.79 Å². The van der Waals surface area contributed by atoms with E-state index in [0.29, 0.717) is 5.65 Å². The van der Waals surface area contributed by atoms with Gasteiger partial charge in [-0.15, -0.1) is 5.10 Å². The average molecular weight is 243 g/mol. The van der Waals surface area contributed by atoms with Gasteiger partial charge in [0.15, 0.2) is 5.65 Å². The van der Waals surface area contributed by atoms with E-state index in [1.807, 2.05) is 24.3 Å². The summed E-state index contributed by atoms with van der Waals surface area (Å²) >= 11 is 0. The number of primary amides is 1. The predicted octanol–water partition coefficient (Wildman–Crippen LogP) is -0.471. The van der Waals surface area contributed by atoms with Crippen molar-refractivity contribution in [3.05, 3.63) is 41.1 Å². The van der Waals surface area contributed by atoms with Gasteiger partial charge in [0, 0.05) is 5.39 Å². The Balaban J connectivity index is 2.38. The van der Waals surface area contributed by atoms with Crippen LogP contribution >= 0.6 is 0 Å². The summed E-state index contributed by atoms with van der Waals surface area (Å²) in [5, 5.41) is 4.86. The number of hydrogen-bond acceptors (Lipinski definition) is 4. The van der Waals surface area contributed by atoms with E-state index < -0.39 is 11.6 Å². The van der Waals surface area contributed by atoms with Crippen molar-refractivity contribution in [3.8, 4) is 0 Å². The molecule has 0 aliphatic heterocycles. The predicted molar refractivity (Wildman–Crippen MR) is 63.9 cm³/mol. The number of fused-ring (bicyclic) bond motifs is 3. The summed E-state index contributed by atoms with van der Waals surface area (Å²) in [5.41, 5.74) is 5.84. The molecular formula is C11H9N5O2. The maximum absolute atomic E-state index is 11.9. The molecule has 2 heterocycles. The highest BCUT2D eigenvalue weighted by Crippen LogP contribution is 2.14. The maximum Gasteiger partial charge on any atom is 0.352 e. The Labute approximate surface area is 100 Å². The lowest BCUT2D eigenvalue weighted by molar-refractivity contribution is -0.118. The van der Waals surface area contributed by atoms with Gasteiger partial charge in [-0.2, -0.15) is 0 Å². The zero-order valence-corrected chi connectivity index (χ0v) is 9.28. The van der Waals surface area contributed by atoms with Gasteiger partial charge < -0.3 is 5.73 Å². The zero-order chi connectivity index (χ0) is 12.7. The molecule has 0 atom stereocenters. The van der Waals surface area contributed by atoms with Crippen LogP contribution in [0.25, 0.3) is 16.6 Å². The molecule has 0 aliphatic carbocycles. The second kappa shape index (κ2) is 3.66.